The summed E-state index contributed by atoms with van der Waals surface area (Å²) >= 11 is 2.25. The van der Waals surface area contributed by atoms with Crippen molar-refractivity contribution in [2.75, 3.05) is 0 Å². The van der Waals surface area contributed by atoms with Crippen LogP contribution in [-0.4, -0.2) is 20.2 Å². The number of aromatic nitrogens is 4. The van der Waals surface area contributed by atoms with Gasteiger partial charge in [-0.3, -0.25) is 0 Å². The van der Waals surface area contributed by atoms with Crippen LogP contribution in [0.4, 0.5) is 0 Å². The van der Waals surface area contributed by atoms with Crippen LogP contribution in [0.3, 0.4) is 0 Å². The molecular weight excluding hydrogens is 243 g/mol. The number of hydrogen-bond acceptors (Lipinski definition) is 3. The van der Waals surface area contributed by atoms with Gasteiger partial charge in [0.25, 0.3) is 0 Å². The minimum atomic E-state index is -0.0843. The fourth-order valence-electron chi connectivity index (χ4n) is 0.509. The molecule has 0 aliphatic rings. The number of alkyl halides is 1. The van der Waals surface area contributed by atoms with Gasteiger partial charge in [0.1, 0.15) is 3.55 Å². The third kappa shape index (κ3) is 1.65. The van der Waals surface area contributed by atoms with E-state index < -0.39 is 0 Å². The average Bonchev–Trinajstić information content (AvgIpc) is 2.11. The summed E-state index contributed by atoms with van der Waals surface area (Å²) in [5, 5.41) is 11.7. The van der Waals surface area contributed by atoms with E-state index >= 15 is 0 Å². The molecular formula is C5H9IN4. The van der Waals surface area contributed by atoms with Gasteiger partial charge in [0.2, 0.25) is 0 Å². The fourth-order valence-corrected chi connectivity index (χ4v) is 0.714. The maximum absolute atomic E-state index is 4.07. The molecule has 56 valence electrons. The molecule has 10 heavy (non-hydrogen) atoms. The van der Waals surface area contributed by atoms with Crippen molar-refractivity contribution in [1.82, 2.24) is 20.2 Å². The molecule has 1 aromatic rings. The van der Waals surface area contributed by atoms with E-state index in [9.17, 15) is 0 Å². The van der Waals surface area contributed by atoms with Crippen LogP contribution in [0.5, 0.6) is 0 Å². The van der Waals surface area contributed by atoms with Crippen molar-refractivity contribution >= 4 is 22.6 Å². The summed E-state index contributed by atoms with van der Waals surface area (Å²) in [6, 6.07) is 0. The highest BCUT2D eigenvalue weighted by Crippen LogP contribution is 2.20. The summed E-state index contributed by atoms with van der Waals surface area (Å²) in [5.74, 6) is 0.713. The van der Waals surface area contributed by atoms with Crippen molar-refractivity contribution in [3.63, 3.8) is 0 Å². The average molecular weight is 252 g/mol. The number of rotatable bonds is 1. The lowest BCUT2D eigenvalue weighted by Gasteiger charge is -2.12. The van der Waals surface area contributed by atoms with E-state index in [2.05, 4.69) is 38.0 Å². The zero-order valence-electron chi connectivity index (χ0n) is 6.17. The van der Waals surface area contributed by atoms with Gasteiger partial charge in [-0.1, -0.05) is 22.6 Å². The Hall–Kier alpha value is -0.200. The molecule has 1 aromatic heterocycles. The number of hydrogen-bond donors (Lipinski definition) is 0. The molecule has 1 rings (SSSR count). The Morgan fingerprint density at radius 1 is 1.50 bits per heavy atom. The first-order valence-corrected chi connectivity index (χ1v) is 4.04. The van der Waals surface area contributed by atoms with Crippen LogP contribution in [0.15, 0.2) is 0 Å². The first kappa shape index (κ1) is 7.90. The minimum Gasteiger partial charge on any atom is -0.149 e. The highest BCUT2D eigenvalue weighted by atomic mass is 127. The minimum absolute atomic E-state index is 0.0843. The molecule has 0 saturated heterocycles. The molecule has 1 heterocycles. The molecule has 0 radical (unpaired) electrons. The second-order valence-corrected chi connectivity index (χ2v) is 5.18. The van der Waals surface area contributed by atoms with E-state index in [0.29, 0.717) is 5.82 Å². The van der Waals surface area contributed by atoms with Crippen LogP contribution in [0.2, 0.25) is 0 Å². The van der Waals surface area contributed by atoms with E-state index in [1.807, 2.05) is 20.8 Å². The maximum Gasteiger partial charge on any atom is 0.171 e. The van der Waals surface area contributed by atoms with Crippen LogP contribution in [-0.2, 0) is 3.55 Å². The second kappa shape index (κ2) is 2.44. The smallest absolute Gasteiger partial charge is 0.149 e. The van der Waals surface area contributed by atoms with Crippen LogP contribution in [0, 0.1) is 6.92 Å². The van der Waals surface area contributed by atoms with Crippen molar-refractivity contribution in [3.05, 3.63) is 5.82 Å². The lowest BCUT2D eigenvalue weighted by atomic mass is 10.4. The Kier molecular flexibility index (Phi) is 1.93. The monoisotopic (exact) mass is 252 g/mol. The van der Waals surface area contributed by atoms with Crippen LogP contribution in [0.1, 0.15) is 19.7 Å². The standard InChI is InChI=1S/C5H9IN4/c1-4-7-9-10(8-4)5(2,3)6/h1-3H3. The van der Waals surface area contributed by atoms with Crippen molar-refractivity contribution in [2.24, 2.45) is 0 Å². The predicted molar refractivity (Wildman–Crippen MR) is 45.9 cm³/mol. The quantitative estimate of drug-likeness (QED) is 0.555. The molecule has 0 spiro atoms. The lowest BCUT2D eigenvalue weighted by Crippen LogP contribution is -2.21. The number of nitrogens with zero attached hydrogens (tertiary/aromatic N) is 4. The van der Waals surface area contributed by atoms with Gasteiger partial charge < -0.3 is 0 Å². The summed E-state index contributed by atoms with van der Waals surface area (Å²) in [5.41, 5.74) is 0. The molecule has 0 fully saturated rings. The Balaban J connectivity index is 2.96. The zero-order valence-corrected chi connectivity index (χ0v) is 8.32. The number of halogens is 1. The van der Waals surface area contributed by atoms with Gasteiger partial charge in [0.05, 0.1) is 0 Å². The molecule has 0 aliphatic carbocycles. The predicted octanol–water partition coefficient (Wildman–Crippen LogP) is 1.11. The van der Waals surface area contributed by atoms with Crippen molar-refractivity contribution in [1.29, 1.82) is 0 Å². The largest absolute Gasteiger partial charge is 0.171 e. The summed E-state index contributed by atoms with van der Waals surface area (Å²) in [7, 11) is 0. The van der Waals surface area contributed by atoms with Crippen molar-refractivity contribution < 1.29 is 0 Å². The van der Waals surface area contributed by atoms with Crippen LogP contribution >= 0.6 is 22.6 Å². The van der Waals surface area contributed by atoms with Gasteiger partial charge in [-0.15, -0.1) is 15.0 Å². The third-order valence-electron chi connectivity index (χ3n) is 0.989. The Morgan fingerprint density at radius 3 is 2.30 bits per heavy atom. The molecule has 0 N–H and O–H groups in total. The van der Waals surface area contributed by atoms with Gasteiger partial charge in [0.15, 0.2) is 5.82 Å². The number of tetrazole rings is 1. The molecule has 5 heteroatoms. The lowest BCUT2D eigenvalue weighted by molar-refractivity contribution is 0.432. The van der Waals surface area contributed by atoms with E-state index in [1.165, 1.54) is 0 Å². The van der Waals surface area contributed by atoms with Gasteiger partial charge >= 0.3 is 0 Å². The van der Waals surface area contributed by atoms with Crippen LogP contribution < -0.4 is 0 Å². The molecule has 4 nitrogen and oxygen atoms in total. The topological polar surface area (TPSA) is 43.6 Å². The summed E-state index contributed by atoms with van der Waals surface area (Å²) in [4.78, 5) is 1.60. The Labute approximate surface area is 73.1 Å². The van der Waals surface area contributed by atoms with Crippen molar-refractivity contribution in [2.45, 2.75) is 24.3 Å². The molecule has 0 saturated carbocycles. The highest BCUT2D eigenvalue weighted by molar-refractivity contribution is 14.1. The first-order valence-electron chi connectivity index (χ1n) is 2.96. The van der Waals surface area contributed by atoms with E-state index in [-0.39, 0.29) is 3.55 Å². The summed E-state index contributed by atoms with van der Waals surface area (Å²) in [6.07, 6.45) is 0. The third-order valence-corrected chi connectivity index (χ3v) is 1.42. The maximum atomic E-state index is 4.07. The highest BCUT2D eigenvalue weighted by Gasteiger charge is 2.17. The molecule has 0 aromatic carbocycles. The molecule has 0 unspecified atom stereocenters. The normalized spacial score (nSPS) is 12.0. The molecule has 0 bridgehead atoms. The fraction of sp³-hybridized carbons (Fsp3) is 0.800. The molecule has 0 amide bonds. The van der Waals surface area contributed by atoms with Gasteiger partial charge in [0, 0.05) is 0 Å². The van der Waals surface area contributed by atoms with E-state index in [0.717, 1.165) is 0 Å². The second-order valence-electron chi connectivity index (χ2n) is 2.54. The first-order chi connectivity index (χ1) is 4.50. The Bertz CT molecular complexity index is 224. The number of aryl methyl sites for hydroxylation is 1. The summed E-state index contributed by atoms with van der Waals surface area (Å²) in [6.45, 7) is 5.87. The van der Waals surface area contributed by atoms with Gasteiger partial charge in [-0.25, -0.2) is 0 Å². The summed E-state index contributed by atoms with van der Waals surface area (Å²) < 4.78 is -0.0843. The molecule has 0 aliphatic heterocycles. The zero-order chi connectivity index (χ0) is 7.78. The van der Waals surface area contributed by atoms with E-state index in [1.54, 1.807) is 4.80 Å². The molecule has 0 atom stereocenters. The van der Waals surface area contributed by atoms with Crippen molar-refractivity contribution in [3.8, 4) is 0 Å². The Morgan fingerprint density at radius 2 is 2.10 bits per heavy atom. The van der Waals surface area contributed by atoms with Crippen LogP contribution in [0.25, 0.3) is 0 Å². The SMILES string of the molecule is Cc1nnn(C(C)(C)I)n1. The van der Waals surface area contributed by atoms with E-state index in [4.69, 9.17) is 0 Å². The van der Waals surface area contributed by atoms with Gasteiger partial charge in [-0.2, -0.15) is 0 Å². The van der Waals surface area contributed by atoms with Gasteiger partial charge in [-0.05, 0) is 26.0 Å².